The van der Waals surface area contributed by atoms with Crippen LogP contribution in [0, 0.1) is 0 Å². The second-order valence-corrected chi connectivity index (χ2v) is 10.1. The van der Waals surface area contributed by atoms with E-state index in [1.807, 2.05) is 18.4 Å². The summed E-state index contributed by atoms with van der Waals surface area (Å²) in [7, 11) is 1.26. The number of amides is 2. The molecule has 9 heteroatoms. The van der Waals surface area contributed by atoms with Crippen LogP contribution < -0.4 is 5.32 Å². The third-order valence-corrected chi connectivity index (χ3v) is 7.69. The van der Waals surface area contributed by atoms with E-state index in [0.717, 1.165) is 31.2 Å². The molecule has 4 rings (SSSR count). The fourth-order valence-corrected chi connectivity index (χ4v) is 5.31. The third kappa shape index (κ3) is 4.71. The minimum absolute atomic E-state index is 0.0171. The van der Waals surface area contributed by atoms with Gasteiger partial charge in [-0.2, -0.15) is 0 Å². The zero-order valence-electron chi connectivity index (χ0n) is 20.0. The Balaban J connectivity index is 1.63. The lowest BCUT2D eigenvalue weighted by atomic mass is 9.91. The maximum atomic E-state index is 13.7. The predicted molar refractivity (Wildman–Crippen MR) is 130 cm³/mol. The molecule has 2 amide bonds. The number of thioether (sulfide) groups is 1. The molecule has 182 valence electrons. The maximum absolute atomic E-state index is 13.7. The third-order valence-electron chi connectivity index (χ3n) is 6.95. The van der Waals surface area contributed by atoms with Gasteiger partial charge in [0, 0.05) is 17.5 Å². The molecular formula is C25H32N4O4S. The highest BCUT2D eigenvalue weighted by Gasteiger charge is 2.49. The summed E-state index contributed by atoms with van der Waals surface area (Å²) in [6.45, 7) is 2.38. The summed E-state index contributed by atoms with van der Waals surface area (Å²) in [4.78, 5) is 46.5. The number of hydrogen-bond acceptors (Lipinski definition) is 6. The van der Waals surface area contributed by atoms with Gasteiger partial charge in [-0.1, -0.05) is 31.4 Å². The van der Waals surface area contributed by atoms with Crippen molar-refractivity contribution in [3.05, 3.63) is 47.5 Å². The lowest BCUT2D eigenvalue weighted by Gasteiger charge is -2.44. The molecule has 1 aromatic heterocycles. The number of ether oxygens (including phenoxy) is 1. The Hall–Kier alpha value is -2.81. The summed E-state index contributed by atoms with van der Waals surface area (Å²) in [5.41, 5.74) is 0.131. The summed E-state index contributed by atoms with van der Waals surface area (Å²) in [5.74, 6) is -1.21. The smallest absolute Gasteiger partial charge is 0.359 e. The Morgan fingerprint density at radius 2 is 1.91 bits per heavy atom. The van der Waals surface area contributed by atoms with Gasteiger partial charge in [-0.3, -0.25) is 9.59 Å². The average Bonchev–Trinajstić information content (AvgIpc) is 3.28. The van der Waals surface area contributed by atoms with Crippen LogP contribution in [-0.4, -0.2) is 63.7 Å². The monoisotopic (exact) mass is 484 g/mol. The van der Waals surface area contributed by atoms with Gasteiger partial charge in [0.15, 0.2) is 5.69 Å². The molecule has 1 atom stereocenters. The molecule has 1 N–H and O–H groups in total. The highest BCUT2D eigenvalue weighted by Crippen LogP contribution is 2.30. The summed E-state index contributed by atoms with van der Waals surface area (Å²) >= 11 is 1.67. The molecule has 1 fully saturated rings. The number of methoxy groups -OCH3 is 1. The number of imidazole rings is 1. The van der Waals surface area contributed by atoms with Crippen molar-refractivity contribution in [1.82, 2.24) is 19.8 Å². The quantitative estimate of drug-likeness (QED) is 0.479. The second kappa shape index (κ2) is 10.2. The van der Waals surface area contributed by atoms with Gasteiger partial charge in [0.1, 0.15) is 11.2 Å². The number of carbonyl (C=O) groups is 3. The van der Waals surface area contributed by atoms with E-state index in [1.54, 1.807) is 28.2 Å². The molecule has 1 aliphatic carbocycles. The van der Waals surface area contributed by atoms with Crippen molar-refractivity contribution in [1.29, 1.82) is 0 Å². The molecule has 0 spiro atoms. The molecule has 34 heavy (non-hydrogen) atoms. The molecule has 1 aliphatic heterocycles. The van der Waals surface area contributed by atoms with Crippen molar-refractivity contribution < 1.29 is 19.1 Å². The first-order valence-corrected chi connectivity index (χ1v) is 13.0. The molecule has 2 aliphatic rings. The van der Waals surface area contributed by atoms with Crippen LogP contribution in [0.1, 0.15) is 65.6 Å². The SMILES string of the molecule is COC(=O)c1ncn2c1C(=O)N(CCc1ccc(SC)cc1)[C@](C)(C(=O)NC1CCCCC1)C2. The van der Waals surface area contributed by atoms with E-state index in [4.69, 9.17) is 4.74 Å². The van der Waals surface area contributed by atoms with Crippen molar-refractivity contribution in [3.63, 3.8) is 0 Å². The highest BCUT2D eigenvalue weighted by atomic mass is 32.2. The van der Waals surface area contributed by atoms with Crippen LogP contribution in [-0.2, 0) is 22.5 Å². The van der Waals surface area contributed by atoms with Crippen molar-refractivity contribution >= 4 is 29.5 Å². The van der Waals surface area contributed by atoms with Gasteiger partial charge in [-0.05, 0) is 50.1 Å². The van der Waals surface area contributed by atoms with Gasteiger partial charge in [0.05, 0.1) is 20.0 Å². The molecular weight excluding hydrogens is 452 g/mol. The van der Waals surface area contributed by atoms with Crippen molar-refractivity contribution in [2.75, 3.05) is 19.9 Å². The summed E-state index contributed by atoms with van der Waals surface area (Å²) in [6.07, 6.45) is 9.38. The molecule has 8 nitrogen and oxygen atoms in total. The highest BCUT2D eigenvalue weighted by molar-refractivity contribution is 7.98. The zero-order chi connectivity index (χ0) is 24.3. The van der Waals surface area contributed by atoms with Gasteiger partial charge in [0.2, 0.25) is 5.91 Å². The lowest BCUT2D eigenvalue weighted by Crippen LogP contribution is -2.65. The van der Waals surface area contributed by atoms with E-state index in [-0.39, 0.29) is 35.8 Å². The molecule has 0 bridgehead atoms. The average molecular weight is 485 g/mol. The topological polar surface area (TPSA) is 93.5 Å². The van der Waals surface area contributed by atoms with Crippen molar-refractivity contribution in [3.8, 4) is 0 Å². The number of rotatable bonds is 7. The second-order valence-electron chi connectivity index (χ2n) is 9.20. The van der Waals surface area contributed by atoms with Crippen LogP contribution in [0.3, 0.4) is 0 Å². The zero-order valence-corrected chi connectivity index (χ0v) is 20.8. The lowest BCUT2D eigenvalue weighted by molar-refractivity contribution is -0.133. The van der Waals surface area contributed by atoms with Crippen molar-refractivity contribution in [2.45, 2.75) is 68.5 Å². The van der Waals surface area contributed by atoms with Gasteiger partial charge in [0.25, 0.3) is 5.91 Å². The van der Waals surface area contributed by atoms with Gasteiger partial charge < -0.3 is 19.5 Å². The Kier molecular flexibility index (Phi) is 7.30. The number of nitrogens with zero attached hydrogens (tertiary/aromatic N) is 3. The van der Waals surface area contributed by atoms with Crippen LogP contribution >= 0.6 is 11.8 Å². The van der Waals surface area contributed by atoms with E-state index >= 15 is 0 Å². The van der Waals surface area contributed by atoms with E-state index in [1.165, 1.54) is 24.8 Å². The van der Waals surface area contributed by atoms with Crippen LogP contribution in [0.4, 0.5) is 0 Å². The predicted octanol–water partition coefficient (Wildman–Crippen LogP) is 3.30. The molecule has 2 heterocycles. The Morgan fingerprint density at radius 1 is 1.21 bits per heavy atom. The van der Waals surface area contributed by atoms with Gasteiger partial charge in [-0.25, -0.2) is 9.78 Å². The Bertz CT molecular complexity index is 1060. The number of hydrogen-bond donors (Lipinski definition) is 1. The molecule has 0 unspecified atom stereocenters. The minimum Gasteiger partial charge on any atom is -0.464 e. The van der Waals surface area contributed by atoms with Crippen molar-refractivity contribution in [2.24, 2.45) is 0 Å². The van der Waals surface area contributed by atoms with E-state index in [2.05, 4.69) is 22.4 Å². The molecule has 2 aromatic rings. The molecule has 0 saturated heterocycles. The first-order chi connectivity index (χ1) is 16.4. The first-order valence-electron chi connectivity index (χ1n) is 11.8. The summed E-state index contributed by atoms with van der Waals surface area (Å²) in [5, 5.41) is 3.20. The number of esters is 1. The van der Waals surface area contributed by atoms with Gasteiger partial charge >= 0.3 is 5.97 Å². The number of nitrogens with one attached hydrogen (secondary N) is 1. The largest absolute Gasteiger partial charge is 0.464 e. The molecule has 1 aromatic carbocycles. The van der Waals surface area contributed by atoms with E-state index in [9.17, 15) is 14.4 Å². The minimum atomic E-state index is -1.10. The number of fused-ring (bicyclic) bond motifs is 1. The van der Waals surface area contributed by atoms with Crippen LogP contribution in [0.2, 0.25) is 0 Å². The maximum Gasteiger partial charge on any atom is 0.359 e. The normalized spacial score (nSPS) is 20.7. The van der Waals surface area contributed by atoms with Crippen LogP contribution in [0.5, 0.6) is 0 Å². The van der Waals surface area contributed by atoms with E-state index < -0.39 is 11.5 Å². The first kappa shape index (κ1) is 24.3. The fourth-order valence-electron chi connectivity index (χ4n) is 4.91. The fraction of sp³-hybridized carbons (Fsp3) is 0.520. The number of benzene rings is 1. The molecule has 1 saturated carbocycles. The Morgan fingerprint density at radius 3 is 2.56 bits per heavy atom. The standard InChI is InChI=1S/C25H32N4O4S/c1-25(24(32)27-18-7-5-4-6-8-18)15-28-16-26-20(23(31)33-2)21(28)22(30)29(25)14-13-17-9-11-19(34-3)12-10-17/h9-12,16,18H,4-8,13-15H2,1-3H3,(H,27,32)/t25-/m0/s1. The van der Waals surface area contributed by atoms with Crippen LogP contribution in [0.15, 0.2) is 35.5 Å². The molecule has 0 radical (unpaired) electrons. The summed E-state index contributed by atoms with van der Waals surface area (Å²) < 4.78 is 6.44. The Labute approximate surface area is 204 Å². The van der Waals surface area contributed by atoms with E-state index in [0.29, 0.717) is 13.0 Å². The summed E-state index contributed by atoms with van der Waals surface area (Å²) in [6, 6.07) is 8.33. The van der Waals surface area contributed by atoms with Gasteiger partial charge in [-0.15, -0.1) is 11.8 Å². The number of carbonyl (C=O) groups excluding carboxylic acids is 3. The van der Waals surface area contributed by atoms with Crippen LogP contribution in [0.25, 0.3) is 0 Å². The number of aromatic nitrogens is 2.